The molecule has 2 aromatic carbocycles. The van der Waals surface area contributed by atoms with Crippen LogP contribution in [0.5, 0.6) is 0 Å². The van der Waals surface area contributed by atoms with E-state index in [1.807, 2.05) is 45.9 Å². The summed E-state index contributed by atoms with van der Waals surface area (Å²) < 4.78 is 13.7. The van der Waals surface area contributed by atoms with Crippen molar-refractivity contribution in [2.45, 2.75) is 118 Å². The Morgan fingerprint density at radius 2 is 1.78 bits per heavy atom. The van der Waals surface area contributed by atoms with Gasteiger partial charge < -0.3 is 29.2 Å². The highest BCUT2D eigenvalue weighted by atomic mass is 16.5. The van der Waals surface area contributed by atoms with Gasteiger partial charge in [0.05, 0.1) is 30.0 Å². The smallest absolute Gasteiger partial charge is 0.302 e. The summed E-state index contributed by atoms with van der Waals surface area (Å²) in [5.41, 5.74) is 10.7. The number of amides is 4. The average Bonchev–Trinajstić information content (AvgIpc) is 3.82. The summed E-state index contributed by atoms with van der Waals surface area (Å²) in [6, 6.07) is 16.6. The molecule has 2 fully saturated rings. The van der Waals surface area contributed by atoms with E-state index in [0.717, 1.165) is 69.4 Å². The number of ether oxygens (including phenoxy) is 2. The summed E-state index contributed by atoms with van der Waals surface area (Å²) in [6.45, 7) is 18.1. The van der Waals surface area contributed by atoms with Crippen molar-refractivity contribution in [1.82, 2.24) is 35.1 Å². The van der Waals surface area contributed by atoms with Gasteiger partial charge in [0.1, 0.15) is 12.1 Å². The third-order valence-electron chi connectivity index (χ3n) is 13.3. The van der Waals surface area contributed by atoms with E-state index in [1.165, 1.54) is 11.8 Å². The maximum Gasteiger partial charge on any atom is 0.302 e. The minimum atomic E-state index is -0.915. The first kappa shape index (κ1) is 48.8. The number of rotatable bonds is 18. The van der Waals surface area contributed by atoms with Crippen molar-refractivity contribution in [2.75, 3.05) is 40.4 Å². The molecule has 65 heavy (non-hydrogen) atoms. The first-order chi connectivity index (χ1) is 31.0. The zero-order valence-corrected chi connectivity index (χ0v) is 40.0. The van der Waals surface area contributed by atoms with E-state index in [-0.39, 0.29) is 48.9 Å². The lowest BCUT2D eigenvalue weighted by molar-refractivity contribution is -0.146. The van der Waals surface area contributed by atoms with Crippen molar-refractivity contribution in [3.63, 3.8) is 0 Å². The maximum absolute atomic E-state index is 14.4. The molecule has 5 atom stereocenters. The van der Waals surface area contributed by atoms with Crippen LogP contribution in [-0.4, -0.2) is 113 Å². The van der Waals surface area contributed by atoms with Gasteiger partial charge in [-0.15, -0.1) is 0 Å². The SMILES string of the molecule is CCn1c(-c2cccnc2C(C)OC)c(CC(C)(C)COC(C)=O)c2cc(-c3cccc(CC(NC(=O)C(C(C)C)N(C)C(=O)C4CCN(C=O)C4C)C(=O)N4CCCCN4)c3)ccc21. The summed E-state index contributed by atoms with van der Waals surface area (Å²) in [5, 5.41) is 5.78. The van der Waals surface area contributed by atoms with E-state index in [2.05, 4.69) is 72.5 Å². The molecule has 2 aliphatic heterocycles. The summed E-state index contributed by atoms with van der Waals surface area (Å²) in [4.78, 5) is 74.1. The number of hydrogen-bond acceptors (Lipinski definition) is 9. The number of aromatic nitrogens is 2. The Morgan fingerprint density at radius 3 is 2.43 bits per heavy atom. The Bertz CT molecular complexity index is 2350. The summed E-state index contributed by atoms with van der Waals surface area (Å²) >= 11 is 0. The van der Waals surface area contributed by atoms with Crippen molar-refractivity contribution >= 4 is 41.0 Å². The normalized spacial score (nSPS) is 18.1. The first-order valence-electron chi connectivity index (χ1n) is 23.2. The molecule has 14 heteroatoms. The number of pyridine rings is 1. The number of nitrogens with one attached hydrogen (secondary N) is 2. The largest absolute Gasteiger partial charge is 0.465 e. The number of hydrazine groups is 1. The molecule has 0 spiro atoms. The molecule has 6 rings (SSSR count). The third kappa shape index (κ3) is 10.9. The van der Waals surface area contributed by atoms with E-state index in [1.54, 1.807) is 30.3 Å². The molecular weight excluding hydrogens is 823 g/mol. The van der Waals surface area contributed by atoms with Crippen LogP contribution in [0.3, 0.4) is 0 Å². The highest BCUT2D eigenvalue weighted by molar-refractivity contribution is 5.96. The molecule has 4 heterocycles. The highest BCUT2D eigenvalue weighted by Crippen LogP contribution is 2.42. The van der Waals surface area contributed by atoms with Crippen LogP contribution in [0.15, 0.2) is 60.8 Å². The number of hydrogen-bond donors (Lipinski definition) is 2. The van der Waals surface area contributed by atoms with Gasteiger partial charge in [0.15, 0.2) is 0 Å². The van der Waals surface area contributed by atoms with Crippen molar-refractivity contribution in [3.8, 4) is 22.4 Å². The van der Waals surface area contributed by atoms with Gasteiger partial charge in [-0.25, -0.2) is 5.43 Å². The molecule has 0 bridgehead atoms. The van der Waals surface area contributed by atoms with Crippen LogP contribution in [0.4, 0.5) is 0 Å². The Morgan fingerprint density at radius 1 is 1.03 bits per heavy atom. The molecular formula is C51H69N7O7. The van der Waals surface area contributed by atoms with Crippen molar-refractivity contribution < 1.29 is 33.4 Å². The fourth-order valence-corrected chi connectivity index (χ4v) is 9.70. The molecule has 4 amide bonds. The van der Waals surface area contributed by atoms with E-state index in [0.29, 0.717) is 39.0 Å². The molecule has 2 aliphatic rings. The van der Waals surface area contributed by atoms with Gasteiger partial charge in [-0.05, 0) is 98.9 Å². The quantitative estimate of drug-likeness (QED) is 0.0817. The number of nitrogens with zero attached hydrogens (tertiary/aromatic N) is 5. The molecule has 2 aromatic heterocycles. The van der Waals surface area contributed by atoms with Gasteiger partial charge >= 0.3 is 5.97 Å². The fourth-order valence-electron chi connectivity index (χ4n) is 9.70. The van der Waals surface area contributed by atoms with Crippen molar-refractivity contribution in [1.29, 1.82) is 0 Å². The average molecular weight is 892 g/mol. The monoisotopic (exact) mass is 892 g/mol. The molecule has 0 radical (unpaired) electrons. The molecule has 2 saturated heterocycles. The lowest BCUT2D eigenvalue weighted by atomic mass is 9.84. The number of likely N-dealkylation sites (N-methyl/N-ethyl adjacent to an activating group) is 1. The molecule has 0 aliphatic carbocycles. The second-order valence-corrected chi connectivity index (χ2v) is 18.9. The van der Waals surface area contributed by atoms with Crippen molar-refractivity contribution in [3.05, 3.63) is 77.6 Å². The predicted octanol–water partition coefficient (Wildman–Crippen LogP) is 6.73. The van der Waals surface area contributed by atoms with Gasteiger partial charge in [0.25, 0.3) is 5.91 Å². The van der Waals surface area contributed by atoms with Gasteiger partial charge in [-0.1, -0.05) is 58.0 Å². The zero-order valence-electron chi connectivity index (χ0n) is 40.0. The van der Waals surface area contributed by atoms with Crippen LogP contribution in [0.2, 0.25) is 0 Å². The standard InChI is InChI=1S/C51H69N7O7/c1-11-57-44-20-19-38(28-41(44)42(29-51(7,8)30-65-35(6)60)47(57)40-18-15-22-52-45(40)34(5)64-10)37-17-14-16-36(26-37)27-43(50(63)58-24-13-12-23-53-58)54-48(61)46(32(2)3)55(9)49(62)39-21-25-56(31-59)33(39)4/h14-20,22,26,28,31-34,39,43,46,53H,11-13,21,23-25,27,29-30H2,1-10H3,(H,54,61). The van der Waals surface area contributed by atoms with Gasteiger partial charge in [0.2, 0.25) is 18.2 Å². The highest BCUT2D eigenvalue weighted by Gasteiger charge is 2.41. The number of methoxy groups -OCH3 is 1. The molecule has 2 N–H and O–H groups in total. The Kier molecular flexibility index (Phi) is 15.9. The number of likely N-dealkylation sites (tertiary alicyclic amines) is 1. The molecule has 5 unspecified atom stereocenters. The topological polar surface area (TPSA) is 155 Å². The summed E-state index contributed by atoms with van der Waals surface area (Å²) in [6.07, 6.45) is 5.47. The van der Waals surface area contributed by atoms with E-state index in [9.17, 15) is 24.0 Å². The number of aryl methyl sites for hydroxylation is 1. The first-order valence-corrected chi connectivity index (χ1v) is 23.2. The van der Waals surface area contributed by atoms with Crippen LogP contribution < -0.4 is 10.7 Å². The Hall–Kier alpha value is -5.60. The molecule has 0 saturated carbocycles. The van der Waals surface area contributed by atoms with Crippen LogP contribution in [0, 0.1) is 17.3 Å². The lowest BCUT2D eigenvalue weighted by Crippen LogP contribution is -2.60. The fraction of sp³-hybridized carbons (Fsp3) is 0.529. The van der Waals surface area contributed by atoms with Gasteiger partial charge in [-0.3, -0.25) is 34.0 Å². The van der Waals surface area contributed by atoms with Crippen LogP contribution in [-0.2, 0) is 52.8 Å². The third-order valence-corrected chi connectivity index (χ3v) is 13.3. The number of benzene rings is 2. The number of esters is 1. The summed E-state index contributed by atoms with van der Waals surface area (Å²) in [7, 11) is 3.33. The predicted molar refractivity (Wildman–Crippen MR) is 252 cm³/mol. The van der Waals surface area contributed by atoms with Crippen LogP contribution >= 0.6 is 0 Å². The summed E-state index contributed by atoms with van der Waals surface area (Å²) in [5.74, 6) is -1.82. The van der Waals surface area contributed by atoms with Gasteiger partial charge in [-0.2, -0.15) is 0 Å². The van der Waals surface area contributed by atoms with Crippen LogP contribution in [0.25, 0.3) is 33.3 Å². The second kappa shape index (κ2) is 21.1. The van der Waals surface area contributed by atoms with E-state index in [4.69, 9.17) is 14.5 Å². The molecule has 14 nitrogen and oxygen atoms in total. The lowest BCUT2D eigenvalue weighted by Gasteiger charge is -2.35. The number of carbonyl (C=O) groups excluding carboxylic acids is 5. The number of fused-ring (bicyclic) bond motifs is 1. The zero-order chi connectivity index (χ0) is 47.2. The van der Waals surface area contributed by atoms with E-state index >= 15 is 0 Å². The second-order valence-electron chi connectivity index (χ2n) is 18.9. The number of carbonyl (C=O) groups is 5. The Balaban J connectivity index is 1.37. The van der Waals surface area contributed by atoms with Gasteiger partial charge in [0, 0.05) is 87.8 Å². The Labute approximate surface area is 384 Å². The van der Waals surface area contributed by atoms with Crippen LogP contribution in [0.1, 0.15) is 97.6 Å². The maximum atomic E-state index is 14.4. The van der Waals surface area contributed by atoms with Crippen molar-refractivity contribution in [2.24, 2.45) is 17.3 Å². The molecule has 4 aromatic rings. The minimum absolute atomic E-state index is 0.191. The molecule has 350 valence electrons. The minimum Gasteiger partial charge on any atom is -0.465 e. The van der Waals surface area contributed by atoms with E-state index < -0.39 is 29.3 Å².